The Balaban J connectivity index is 1.31. The molecule has 12 rings (SSSR count). The third kappa shape index (κ3) is 4.88. The van der Waals surface area contributed by atoms with Gasteiger partial charge in [-0.15, -0.1) is 0 Å². The third-order valence-electron chi connectivity index (χ3n) is 12.3. The van der Waals surface area contributed by atoms with E-state index >= 15 is 30.7 Å². The van der Waals surface area contributed by atoms with Crippen molar-refractivity contribution in [2.75, 3.05) is 0 Å². The molecule has 4 aromatic heterocycles. The van der Waals surface area contributed by atoms with Crippen molar-refractivity contribution in [3.63, 3.8) is 0 Å². The van der Waals surface area contributed by atoms with Crippen LogP contribution < -0.4 is 0 Å². The lowest BCUT2D eigenvalue weighted by molar-refractivity contribution is -0.103. The number of hydrogen-bond acceptors (Lipinski definition) is 2. The maximum absolute atomic E-state index is 19.7. The van der Waals surface area contributed by atoms with E-state index in [1.54, 1.807) is 97.1 Å². The number of alkyl halides is 7. The van der Waals surface area contributed by atoms with Gasteiger partial charge in [0.2, 0.25) is 5.79 Å². The minimum atomic E-state index is -5.65. The number of nitrogens with zero attached hydrogens (tertiary/aromatic N) is 2. The summed E-state index contributed by atoms with van der Waals surface area (Å²) in [7, 11) is 0. The highest BCUT2D eigenvalue weighted by atomic mass is 19.4. The standard InChI is InChI=1S/C50H26F8N2O2/c51-27-19-17-26(18-20-27)41-42(50(56,57)58)45(59-37-13-5-1-9-28(37)32-21-23-34-30-11-3-7-15-39(30)61-46(34)43(32)59)36(49(53,54)55)25-48(41,52)60-38-14-6-2-10-29(38)33-22-24-35-31-12-4-8-16-40(31)62-47(35)44(33)60/h1-24H,25H2. The van der Waals surface area contributed by atoms with Crippen LogP contribution in [-0.4, -0.2) is 21.5 Å². The van der Waals surface area contributed by atoms with Gasteiger partial charge in [-0.05, 0) is 54.1 Å². The summed E-state index contributed by atoms with van der Waals surface area (Å²) in [5.74, 6) is -4.48. The fraction of sp³-hybridized carbons (Fsp3) is 0.0800. The van der Waals surface area contributed by atoms with E-state index in [0.29, 0.717) is 54.3 Å². The summed E-state index contributed by atoms with van der Waals surface area (Å²) < 4.78 is 148. The van der Waals surface area contributed by atoms with Crippen LogP contribution in [0.15, 0.2) is 166 Å². The molecule has 0 saturated heterocycles. The van der Waals surface area contributed by atoms with Crippen molar-refractivity contribution in [1.29, 1.82) is 0 Å². The van der Waals surface area contributed by atoms with Crippen molar-refractivity contribution in [2.45, 2.75) is 24.6 Å². The predicted octanol–water partition coefficient (Wildman–Crippen LogP) is 15.4. The zero-order chi connectivity index (χ0) is 42.4. The first kappa shape index (κ1) is 36.5. The molecule has 1 aliphatic carbocycles. The van der Waals surface area contributed by atoms with Gasteiger partial charge in [-0.25, -0.2) is 8.78 Å². The number of hydrogen-bond donors (Lipinski definition) is 0. The minimum Gasteiger partial charge on any atom is -0.454 e. The lowest BCUT2D eigenvalue weighted by Gasteiger charge is -2.40. The average molecular weight is 839 g/mol. The van der Waals surface area contributed by atoms with Crippen LogP contribution in [-0.2, 0) is 5.79 Å². The van der Waals surface area contributed by atoms with Crippen LogP contribution in [0.25, 0.3) is 98.8 Å². The smallest absolute Gasteiger partial charge is 0.418 e. The summed E-state index contributed by atoms with van der Waals surface area (Å²) in [5.41, 5.74) is -5.80. The summed E-state index contributed by atoms with van der Waals surface area (Å²) in [5, 5.41) is 3.52. The molecule has 0 spiro atoms. The topological polar surface area (TPSA) is 36.1 Å². The third-order valence-corrected chi connectivity index (χ3v) is 12.3. The van der Waals surface area contributed by atoms with Crippen molar-refractivity contribution in [1.82, 2.24) is 9.13 Å². The molecule has 0 radical (unpaired) electrons. The van der Waals surface area contributed by atoms with Crippen LogP contribution in [0.5, 0.6) is 0 Å². The Morgan fingerprint density at radius 1 is 0.484 bits per heavy atom. The number of aromatic nitrogens is 2. The van der Waals surface area contributed by atoms with E-state index in [-0.39, 0.29) is 33.2 Å². The average Bonchev–Trinajstić information content (AvgIpc) is 4.01. The fourth-order valence-electron chi connectivity index (χ4n) is 9.86. The number of allylic oxidation sites excluding steroid dienone is 4. The van der Waals surface area contributed by atoms with Crippen LogP contribution >= 0.6 is 0 Å². The molecule has 0 fully saturated rings. The quantitative estimate of drug-likeness (QED) is 0.166. The molecule has 4 nitrogen and oxygen atoms in total. The van der Waals surface area contributed by atoms with Crippen LogP contribution in [0.4, 0.5) is 35.1 Å². The number of benzene rings is 7. The molecule has 0 N–H and O–H groups in total. The van der Waals surface area contributed by atoms with Crippen LogP contribution in [0, 0.1) is 5.82 Å². The molecular formula is C50H26F8N2O2. The summed E-state index contributed by atoms with van der Waals surface area (Å²) in [6.45, 7) is 0. The highest BCUT2D eigenvalue weighted by molar-refractivity contribution is 6.24. The highest BCUT2D eigenvalue weighted by Crippen LogP contribution is 2.60. The second-order valence-corrected chi connectivity index (χ2v) is 15.6. The number of para-hydroxylation sites is 4. The molecule has 1 unspecified atom stereocenters. The summed E-state index contributed by atoms with van der Waals surface area (Å²) >= 11 is 0. The molecule has 304 valence electrons. The Labute approximate surface area is 343 Å². The largest absolute Gasteiger partial charge is 0.454 e. The van der Waals surface area contributed by atoms with Crippen LogP contribution in [0.3, 0.4) is 0 Å². The van der Waals surface area contributed by atoms with Gasteiger partial charge in [0.05, 0.1) is 38.9 Å². The Hall–Kier alpha value is -7.34. The van der Waals surface area contributed by atoms with Gasteiger partial charge >= 0.3 is 12.4 Å². The molecule has 12 heteroatoms. The van der Waals surface area contributed by atoms with E-state index in [9.17, 15) is 4.39 Å². The van der Waals surface area contributed by atoms with E-state index in [1.807, 2.05) is 0 Å². The van der Waals surface area contributed by atoms with E-state index in [4.69, 9.17) is 8.83 Å². The van der Waals surface area contributed by atoms with E-state index < -0.39 is 58.4 Å². The Bertz CT molecular complexity index is 3780. The van der Waals surface area contributed by atoms with Gasteiger partial charge in [0.1, 0.15) is 17.0 Å². The van der Waals surface area contributed by atoms with Gasteiger partial charge in [0, 0.05) is 55.1 Å². The first-order chi connectivity index (χ1) is 29.8. The van der Waals surface area contributed by atoms with Crippen molar-refractivity contribution >= 4 is 98.8 Å². The molecular weight excluding hydrogens is 813 g/mol. The van der Waals surface area contributed by atoms with E-state index in [0.717, 1.165) is 33.4 Å². The lowest BCUT2D eigenvalue weighted by Crippen LogP contribution is -2.40. The monoisotopic (exact) mass is 838 g/mol. The van der Waals surface area contributed by atoms with Gasteiger partial charge in [-0.3, -0.25) is 4.57 Å². The van der Waals surface area contributed by atoms with Gasteiger partial charge in [0.15, 0.2) is 11.2 Å². The van der Waals surface area contributed by atoms with Crippen molar-refractivity contribution in [3.05, 3.63) is 168 Å². The second-order valence-electron chi connectivity index (χ2n) is 15.6. The number of rotatable bonds is 3. The molecule has 1 atom stereocenters. The minimum absolute atomic E-state index is 0.000353. The summed E-state index contributed by atoms with van der Waals surface area (Å²) in [4.78, 5) is 0. The first-order valence-corrected chi connectivity index (χ1v) is 19.6. The molecule has 0 amide bonds. The van der Waals surface area contributed by atoms with Crippen molar-refractivity contribution in [2.24, 2.45) is 0 Å². The number of furan rings is 2. The van der Waals surface area contributed by atoms with Gasteiger partial charge in [0.25, 0.3) is 0 Å². The maximum Gasteiger partial charge on any atom is 0.418 e. The highest BCUT2D eigenvalue weighted by Gasteiger charge is 2.58. The van der Waals surface area contributed by atoms with Crippen LogP contribution in [0.2, 0.25) is 0 Å². The molecule has 4 heterocycles. The number of halogens is 8. The fourth-order valence-corrected chi connectivity index (χ4v) is 9.86. The van der Waals surface area contributed by atoms with Crippen molar-refractivity contribution in [3.8, 4) is 0 Å². The Kier molecular flexibility index (Phi) is 7.29. The van der Waals surface area contributed by atoms with Gasteiger partial charge in [-0.2, -0.15) is 26.3 Å². The zero-order valence-electron chi connectivity index (χ0n) is 31.8. The molecule has 7 aromatic carbocycles. The second kappa shape index (κ2) is 12.4. The lowest BCUT2D eigenvalue weighted by atomic mass is 9.79. The summed E-state index contributed by atoms with van der Waals surface area (Å²) in [6.07, 6.45) is -12.8. The van der Waals surface area contributed by atoms with Gasteiger partial charge < -0.3 is 13.4 Å². The molecule has 0 aliphatic heterocycles. The molecule has 62 heavy (non-hydrogen) atoms. The normalized spacial score (nSPS) is 16.9. The zero-order valence-corrected chi connectivity index (χ0v) is 31.8. The van der Waals surface area contributed by atoms with Crippen molar-refractivity contribution < 1.29 is 44.0 Å². The molecule has 0 bridgehead atoms. The Morgan fingerprint density at radius 3 is 1.55 bits per heavy atom. The van der Waals surface area contributed by atoms with Gasteiger partial charge in [-0.1, -0.05) is 97.1 Å². The summed E-state index contributed by atoms with van der Waals surface area (Å²) in [6, 6.07) is 36.6. The molecule has 0 saturated carbocycles. The predicted molar refractivity (Wildman–Crippen MR) is 226 cm³/mol. The Morgan fingerprint density at radius 2 is 0.968 bits per heavy atom. The SMILES string of the molecule is Fc1ccc(C2=C(C(F)(F)F)C(n3c4ccccc4c4ccc5c6ccccc6oc5c43)=C(C(F)(F)F)CC2(F)n2c3ccccc3c3ccc4c5ccccc5oc4c32)cc1. The van der Waals surface area contributed by atoms with E-state index in [2.05, 4.69) is 0 Å². The van der Waals surface area contributed by atoms with E-state index in [1.165, 1.54) is 24.3 Å². The maximum atomic E-state index is 19.7. The molecule has 1 aliphatic rings. The molecule has 11 aromatic rings. The first-order valence-electron chi connectivity index (χ1n) is 19.6. The van der Waals surface area contributed by atoms with Crippen LogP contribution in [0.1, 0.15) is 12.0 Å². The number of fused-ring (bicyclic) bond motifs is 14.